The molecule has 1 aliphatic heterocycles. The van der Waals surface area contributed by atoms with Crippen LogP contribution in [0.15, 0.2) is 83.8 Å². The lowest BCUT2D eigenvalue weighted by atomic mass is 9.87. The first-order chi connectivity index (χ1) is 17.0. The van der Waals surface area contributed by atoms with Gasteiger partial charge in [-0.15, -0.1) is 0 Å². The molecule has 3 aromatic carbocycles. The largest absolute Gasteiger partial charge is 0.352 e. The van der Waals surface area contributed by atoms with Crippen molar-refractivity contribution in [3.05, 3.63) is 95.6 Å². The number of hydrogen-bond acceptors (Lipinski definition) is 4. The van der Waals surface area contributed by atoms with Crippen molar-refractivity contribution in [2.24, 2.45) is 0 Å². The number of rotatable bonds is 7. The molecule has 0 aliphatic carbocycles. The Hall–Kier alpha value is -3.16. The Morgan fingerprint density at radius 2 is 1.58 bits per heavy atom. The molecule has 0 aromatic heterocycles. The second-order valence-electron chi connectivity index (χ2n) is 10.6. The third-order valence-corrected chi connectivity index (χ3v) is 8.62. The van der Waals surface area contributed by atoms with Crippen molar-refractivity contribution in [3.63, 3.8) is 0 Å². The van der Waals surface area contributed by atoms with Crippen LogP contribution in [-0.2, 0) is 26.7 Å². The minimum absolute atomic E-state index is 0.0334. The summed E-state index contributed by atoms with van der Waals surface area (Å²) in [5, 5.41) is 3.04. The van der Waals surface area contributed by atoms with Crippen LogP contribution in [0, 0.1) is 0 Å². The molecule has 0 saturated heterocycles. The number of anilines is 1. The van der Waals surface area contributed by atoms with Gasteiger partial charge in [0.2, 0.25) is 5.91 Å². The van der Waals surface area contributed by atoms with Crippen LogP contribution >= 0.6 is 0 Å². The molecule has 3 aromatic rings. The fourth-order valence-electron chi connectivity index (χ4n) is 4.68. The van der Waals surface area contributed by atoms with E-state index in [0.29, 0.717) is 18.7 Å². The van der Waals surface area contributed by atoms with E-state index in [0.717, 1.165) is 16.7 Å². The fourth-order valence-corrected chi connectivity index (χ4v) is 6.33. The summed E-state index contributed by atoms with van der Waals surface area (Å²) in [4.78, 5) is 15.7. The SMILES string of the molecule is CN(C)C(CNC(=O)[C@@H]1Cc2ccccc2N1S(=O)(=O)c1ccc(C(C)(C)C)cc1)c1ccccc1. The van der Waals surface area contributed by atoms with E-state index in [4.69, 9.17) is 0 Å². The number of nitrogens with one attached hydrogen (secondary N) is 1. The summed E-state index contributed by atoms with van der Waals surface area (Å²) in [5.74, 6) is -0.302. The van der Waals surface area contributed by atoms with Crippen molar-refractivity contribution >= 4 is 21.6 Å². The van der Waals surface area contributed by atoms with Crippen LogP contribution in [0.5, 0.6) is 0 Å². The molecule has 1 amide bonds. The number of fused-ring (bicyclic) bond motifs is 1. The van der Waals surface area contributed by atoms with Crippen LogP contribution in [0.4, 0.5) is 5.69 Å². The number of likely N-dealkylation sites (N-methyl/N-ethyl adjacent to an activating group) is 1. The Morgan fingerprint density at radius 1 is 0.972 bits per heavy atom. The van der Waals surface area contributed by atoms with Gasteiger partial charge in [-0.25, -0.2) is 8.42 Å². The average molecular weight is 506 g/mol. The van der Waals surface area contributed by atoms with Crippen molar-refractivity contribution < 1.29 is 13.2 Å². The topological polar surface area (TPSA) is 69.7 Å². The zero-order valence-corrected chi connectivity index (χ0v) is 22.4. The molecule has 1 aliphatic rings. The number of carbonyl (C=O) groups excluding carboxylic acids is 1. The van der Waals surface area contributed by atoms with E-state index in [-0.39, 0.29) is 22.3 Å². The van der Waals surface area contributed by atoms with E-state index in [9.17, 15) is 13.2 Å². The maximum Gasteiger partial charge on any atom is 0.265 e. The molecule has 0 radical (unpaired) electrons. The summed E-state index contributed by atoms with van der Waals surface area (Å²) in [6, 6.07) is 23.4. The zero-order valence-electron chi connectivity index (χ0n) is 21.6. The van der Waals surface area contributed by atoms with Crippen LogP contribution in [0.25, 0.3) is 0 Å². The monoisotopic (exact) mass is 505 g/mol. The lowest BCUT2D eigenvalue weighted by Gasteiger charge is -2.29. The highest BCUT2D eigenvalue weighted by Crippen LogP contribution is 2.37. The molecule has 6 nitrogen and oxygen atoms in total. The van der Waals surface area contributed by atoms with Gasteiger partial charge < -0.3 is 10.2 Å². The predicted octanol–water partition coefficient (Wildman–Crippen LogP) is 4.52. The van der Waals surface area contributed by atoms with Gasteiger partial charge in [-0.2, -0.15) is 0 Å². The quantitative estimate of drug-likeness (QED) is 0.513. The first-order valence-corrected chi connectivity index (χ1v) is 13.7. The first kappa shape index (κ1) is 25.9. The molecule has 1 heterocycles. The maximum absolute atomic E-state index is 13.9. The molecule has 0 saturated carbocycles. The number of para-hydroxylation sites is 1. The van der Waals surface area contributed by atoms with E-state index in [1.807, 2.05) is 79.7 Å². The van der Waals surface area contributed by atoms with Gasteiger partial charge in [0, 0.05) is 13.0 Å². The molecule has 2 atom stereocenters. The first-order valence-electron chi connectivity index (χ1n) is 12.2. The number of nitrogens with zero attached hydrogens (tertiary/aromatic N) is 2. The number of sulfonamides is 1. The van der Waals surface area contributed by atoms with Gasteiger partial charge in [0.05, 0.1) is 16.6 Å². The van der Waals surface area contributed by atoms with Crippen LogP contribution in [-0.4, -0.2) is 45.9 Å². The maximum atomic E-state index is 13.9. The molecule has 190 valence electrons. The summed E-state index contributed by atoms with van der Waals surface area (Å²) in [7, 11) is -0.0225. The van der Waals surface area contributed by atoms with Crippen molar-refractivity contribution in [3.8, 4) is 0 Å². The Balaban J connectivity index is 1.62. The minimum Gasteiger partial charge on any atom is -0.352 e. The number of amides is 1. The number of hydrogen-bond donors (Lipinski definition) is 1. The predicted molar refractivity (Wildman–Crippen MR) is 145 cm³/mol. The van der Waals surface area contributed by atoms with Gasteiger partial charge >= 0.3 is 0 Å². The highest BCUT2D eigenvalue weighted by Gasteiger charge is 2.42. The molecule has 0 spiro atoms. The molecular formula is C29H35N3O3S. The Labute approximate surface area is 215 Å². The number of carbonyl (C=O) groups is 1. The molecule has 1 N–H and O–H groups in total. The molecule has 7 heteroatoms. The van der Waals surface area contributed by atoms with Gasteiger partial charge in [-0.1, -0.05) is 81.4 Å². The summed E-state index contributed by atoms with van der Waals surface area (Å²) in [6.45, 7) is 6.63. The minimum atomic E-state index is -3.95. The highest BCUT2D eigenvalue weighted by molar-refractivity contribution is 7.93. The lowest BCUT2D eigenvalue weighted by Crippen LogP contribution is -2.49. The Bertz CT molecular complexity index is 1310. The standard InChI is InChI=1S/C29H35N3O3S/c1-29(2,3)23-15-17-24(18-16-23)36(34,35)32-25-14-10-9-13-22(25)19-26(32)28(33)30-20-27(31(4)5)21-11-7-6-8-12-21/h6-18,26-27H,19-20H2,1-5H3,(H,30,33)/t26-,27?/m0/s1. The molecule has 36 heavy (non-hydrogen) atoms. The third-order valence-electron chi connectivity index (χ3n) is 6.78. The van der Waals surface area contributed by atoms with Crippen molar-refractivity contribution in [2.75, 3.05) is 24.9 Å². The second-order valence-corrected chi connectivity index (χ2v) is 12.4. The van der Waals surface area contributed by atoms with Crippen molar-refractivity contribution in [1.82, 2.24) is 10.2 Å². The summed E-state index contributed by atoms with van der Waals surface area (Å²) in [6.07, 6.45) is 0.333. The van der Waals surface area contributed by atoms with Crippen molar-refractivity contribution in [2.45, 2.75) is 49.6 Å². The molecule has 4 rings (SSSR count). The smallest absolute Gasteiger partial charge is 0.265 e. The van der Waals surface area contributed by atoms with Gasteiger partial charge in [0.1, 0.15) is 6.04 Å². The van der Waals surface area contributed by atoms with Gasteiger partial charge in [-0.3, -0.25) is 9.10 Å². The van der Waals surface area contributed by atoms with E-state index in [2.05, 4.69) is 26.1 Å². The lowest BCUT2D eigenvalue weighted by molar-refractivity contribution is -0.122. The molecule has 0 bridgehead atoms. The summed E-state index contributed by atoms with van der Waals surface area (Å²) in [5.41, 5.74) is 3.45. The third kappa shape index (κ3) is 5.18. The number of benzene rings is 3. The highest BCUT2D eigenvalue weighted by atomic mass is 32.2. The normalized spacial score (nSPS) is 16.6. The fraction of sp³-hybridized carbons (Fsp3) is 0.345. The average Bonchev–Trinajstić information content (AvgIpc) is 3.25. The Kier molecular flexibility index (Phi) is 7.25. The van der Waals surface area contributed by atoms with E-state index in [1.54, 1.807) is 18.2 Å². The van der Waals surface area contributed by atoms with Crippen LogP contribution in [0.3, 0.4) is 0 Å². The van der Waals surface area contributed by atoms with Gasteiger partial charge in [0.25, 0.3) is 10.0 Å². The van der Waals surface area contributed by atoms with Crippen LogP contribution in [0.2, 0.25) is 0 Å². The van der Waals surface area contributed by atoms with Crippen LogP contribution < -0.4 is 9.62 Å². The van der Waals surface area contributed by atoms with E-state index in [1.165, 1.54) is 4.31 Å². The van der Waals surface area contributed by atoms with E-state index < -0.39 is 16.1 Å². The van der Waals surface area contributed by atoms with Gasteiger partial charge in [-0.05, 0) is 54.4 Å². The van der Waals surface area contributed by atoms with E-state index >= 15 is 0 Å². The molecule has 1 unspecified atom stereocenters. The van der Waals surface area contributed by atoms with Crippen molar-refractivity contribution in [1.29, 1.82) is 0 Å². The second kappa shape index (κ2) is 10.1. The van der Waals surface area contributed by atoms with Gasteiger partial charge in [0.15, 0.2) is 0 Å². The molecular weight excluding hydrogens is 470 g/mol. The Morgan fingerprint density at radius 3 is 2.19 bits per heavy atom. The molecule has 0 fully saturated rings. The zero-order chi connectivity index (χ0) is 26.1. The van der Waals surface area contributed by atoms with Crippen LogP contribution in [0.1, 0.15) is 43.5 Å². The summed E-state index contributed by atoms with van der Waals surface area (Å²) < 4.78 is 29.1. The summed E-state index contributed by atoms with van der Waals surface area (Å²) >= 11 is 0.